The molecule has 6 nitrogen and oxygen atoms in total. The van der Waals surface area contributed by atoms with E-state index in [1.165, 1.54) is 19.9 Å². The summed E-state index contributed by atoms with van der Waals surface area (Å²) in [7, 11) is 0. The van der Waals surface area contributed by atoms with E-state index in [4.69, 9.17) is 9.26 Å². The van der Waals surface area contributed by atoms with Crippen LogP contribution in [0, 0.1) is 25.5 Å². The molecular formula is C15H14F2N2O4. The molecule has 2 aromatic rings. The number of esters is 1. The fourth-order valence-corrected chi connectivity index (χ4v) is 1.89. The molecule has 0 spiro atoms. The van der Waals surface area contributed by atoms with Crippen molar-refractivity contribution in [3.63, 3.8) is 0 Å². The monoisotopic (exact) mass is 324 g/mol. The van der Waals surface area contributed by atoms with Crippen molar-refractivity contribution in [2.24, 2.45) is 0 Å². The van der Waals surface area contributed by atoms with Crippen LogP contribution in [0.5, 0.6) is 0 Å². The highest BCUT2D eigenvalue weighted by molar-refractivity contribution is 5.98. The topological polar surface area (TPSA) is 81.4 Å². The van der Waals surface area contributed by atoms with Crippen molar-refractivity contribution < 1.29 is 27.6 Å². The minimum Gasteiger partial charge on any atom is -0.449 e. The SMILES string of the molecule is Cc1noc(C)c1C(=O)O[C@@H](C)C(=O)Nc1c(F)cccc1F. The van der Waals surface area contributed by atoms with E-state index >= 15 is 0 Å². The molecule has 0 aliphatic heterocycles. The van der Waals surface area contributed by atoms with Crippen LogP contribution >= 0.6 is 0 Å². The molecule has 0 saturated carbocycles. The molecule has 2 rings (SSSR count). The van der Waals surface area contributed by atoms with Crippen LogP contribution in [0.3, 0.4) is 0 Å². The van der Waals surface area contributed by atoms with Crippen LogP contribution in [-0.4, -0.2) is 23.1 Å². The van der Waals surface area contributed by atoms with Crippen molar-refractivity contribution >= 4 is 17.6 Å². The Labute approximate surface area is 130 Å². The zero-order valence-electron chi connectivity index (χ0n) is 12.6. The van der Waals surface area contributed by atoms with E-state index < -0.39 is 35.3 Å². The van der Waals surface area contributed by atoms with Crippen LogP contribution in [0.1, 0.15) is 28.7 Å². The molecule has 0 fully saturated rings. The van der Waals surface area contributed by atoms with Gasteiger partial charge in [-0.2, -0.15) is 0 Å². The number of amides is 1. The lowest BCUT2D eigenvalue weighted by molar-refractivity contribution is -0.123. The summed E-state index contributed by atoms with van der Waals surface area (Å²) < 4.78 is 36.8. The number of halogens is 2. The molecule has 0 radical (unpaired) electrons. The predicted octanol–water partition coefficient (Wildman–Crippen LogP) is 2.75. The number of para-hydroxylation sites is 1. The molecule has 8 heteroatoms. The lowest BCUT2D eigenvalue weighted by Crippen LogP contribution is -2.30. The minimum atomic E-state index is -1.27. The fraction of sp³-hybridized carbons (Fsp3) is 0.267. The standard InChI is InChI=1S/C15H14F2N2O4/c1-7-12(8(2)23-19-7)15(21)22-9(3)14(20)18-13-10(16)5-4-6-11(13)17/h4-6,9H,1-3H3,(H,18,20)/t9-/m0/s1. The van der Waals surface area contributed by atoms with E-state index in [-0.39, 0.29) is 11.3 Å². The number of nitrogens with zero attached hydrogens (tertiary/aromatic N) is 1. The molecule has 1 heterocycles. The third kappa shape index (κ3) is 3.53. The number of ether oxygens (including phenoxy) is 1. The Kier molecular flexibility index (Phi) is 4.73. The van der Waals surface area contributed by atoms with Gasteiger partial charge in [0.1, 0.15) is 28.6 Å². The van der Waals surface area contributed by atoms with Gasteiger partial charge >= 0.3 is 5.97 Å². The molecule has 1 atom stereocenters. The highest BCUT2D eigenvalue weighted by Gasteiger charge is 2.25. The number of carbonyl (C=O) groups excluding carboxylic acids is 2. The first-order valence-electron chi connectivity index (χ1n) is 6.70. The van der Waals surface area contributed by atoms with Crippen molar-refractivity contribution in [2.75, 3.05) is 5.32 Å². The highest BCUT2D eigenvalue weighted by Crippen LogP contribution is 2.19. The van der Waals surface area contributed by atoms with Gasteiger partial charge in [0.05, 0.1) is 5.69 Å². The normalized spacial score (nSPS) is 11.9. The molecule has 122 valence electrons. The maximum absolute atomic E-state index is 13.5. The van der Waals surface area contributed by atoms with E-state index in [1.807, 2.05) is 0 Å². The van der Waals surface area contributed by atoms with Gasteiger partial charge in [0.2, 0.25) is 0 Å². The molecular weight excluding hydrogens is 310 g/mol. The third-order valence-corrected chi connectivity index (χ3v) is 3.10. The Morgan fingerprint density at radius 3 is 2.39 bits per heavy atom. The lowest BCUT2D eigenvalue weighted by atomic mass is 10.2. The average Bonchev–Trinajstić information content (AvgIpc) is 2.82. The number of nitrogens with one attached hydrogen (secondary N) is 1. The molecule has 1 aromatic carbocycles. The number of anilines is 1. The Bertz CT molecular complexity index is 718. The van der Waals surface area contributed by atoms with Crippen molar-refractivity contribution in [1.29, 1.82) is 0 Å². The van der Waals surface area contributed by atoms with Gasteiger partial charge in [-0.25, -0.2) is 13.6 Å². The van der Waals surface area contributed by atoms with Gasteiger partial charge in [0.15, 0.2) is 6.10 Å². The maximum atomic E-state index is 13.5. The van der Waals surface area contributed by atoms with Gasteiger partial charge in [-0.15, -0.1) is 0 Å². The molecule has 0 bridgehead atoms. The quantitative estimate of drug-likeness (QED) is 0.875. The molecule has 0 aliphatic carbocycles. The fourth-order valence-electron chi connectivity index (χ4n) is 1.89. The average molecular weight is 324 g/mol. The Hall–Kier alpha value is -2.77. The summed E-state index contributed by atoms with van der Waals surface area (Å²) in [5.74, 6) is -3.28. The van der Waals surface area contributed by atoms with Crippen molar-refractivity contribution in [2.45, 2.75) is 26.9 Å². The second kappa shape index (κ2) is 6.55. The summed E-state index contributed by atoms with van der Waals surface area (Å²) in [6.07, 6.45) is -1.27. The maximum Gasteiger partial charge on any atom is 0.344 e. The van der Waals surface area contributed by atoms with Crippen LogP contribution in [0.15, 0.2) is 22.7 Å². The predicted molar refractivity (Wildman–Crippen MR) is 75.8 cm³/mol. The number of hydrogen-bond acceptors (Lipinski definition) is 5. The summed E-state index contributed by atoms with van der Waals surface area (Å²) in [5.41, 5.74) is -0.167. The summed E-state index contributed by atoms with van der Waals surface area (Å²) in [6, 6.07) is 3.17. The Morgan fingerprint density at radius 1 is 1.26 bits per heavy atom. The van der Waals surface area contributed by atoms with E-state index in [0.29, 0.717) is 5.69 Å². The van der Waals surface area contributed by atoms with Crippen molar-refractivity contribution in [1.82, 2.24) is 5.16 Å². The Morgan fingerprint density at radius 2 is 1.87 bits per heavy atom. The Balaban J connectivity index is 2.07. The first-order chi connectivity index (χ1) is 10.8. The summed E-state index contributed by atoms with van der Waals surface area (Å²) in [5, 5.41) is 5.66. The van der Waals surface area contributed by atoms with Gasteiger partial charge in [-0.05, 0) is 32.9 Å². The van der Waals surface area contributed by atoms with Crippen molar-refractivity contribution in [3.05, 3.63) is 46.9 Å². The van der Waals surface area contributed by atoms with E-state index in [9.17, 15) is 18.4 Å². The molecule has 0 unspecified atom stereocenters. The third-order valence-electron chi connectivity index (χ3n) is 3.10. The van der Waals surface area contributed by atoms with Gasteiger partial charge in [-0.3, -0.25) is 4.79 Å². The molecule has 23 heavy (non-hydrogen) atoms. The number of aryl methyl sites for hydroxylation is 2. The van der Waals surface area contributed by atoms with Crippen molar-refractivity contribution in [3.8, 4) is 0 Å². The molecule has 1 amide bonds. The van der Waals surface area contributed by atoms with Gasteiger partial charge in [-0.1, -0.05) is 11.2 Å². The first-order valence-corrected chi connectivity index (χ1v) is 6.70. The molecule has 0 saturated heterocycles. The minimum absolute atomic E-state index is 0.113. The largest absolute Gasteiger partial charge is 0.449 e. The van der Waals surface area contributed by atoms with Gasteiger partial charge < -0.3 is 14.6 Å². The number of hydrogen-bond donors (Lipinski definition) is 1. The van der Waals surface area contributed by atoms with Crippen LogP contribution < -0.4 is 5.32 Å². The highest BCUT2D eigenvalue weighted by atomic mass is 19.1. The zero-order chi connectivity index (χ0) is 17.1. The second-order valence-corrected chi connectivity index (χ2v) is 4.83. The van der Waals surface area contributed by atoms with E-state index in [2.05, 4.69) is 10.5 Å². The summed E-state index contributed by atoms with van der Waals surface area (Å²) in [4.78, 5) is 23.9. The number of benzene rings is 1. The summed E-state index contributed by atoms with van der Waals surface area (Å²) in [6.45, 7) is 4.35. The lowest BCUT2D eigenvalue weighted by Gasteiger charge is -2.14. The smallest absolute Gasteiger partial charge is 0.344 e. The summed E-state index contributed by atoms with van der Waals surface area (Å²) >= 11 is 0. The van der Waals surface area contributed by atoms with Gasteiger partial charge in [0, 0.05) is 0 Å². The van der Waals surface area contributed by atoms with Crippen LogP contribution in [0.2, 0.25) is 0 Å². The van der Waals surface area contributed by atoms with E-state index in [1.54, 1.807) is 6.92 Å². The number of aromatic nitrogens is 1. The first kappa shape index (κ1) is 16.6. The van der Waals surface area contributed by atoms with E-state index in [0.717, 1.165) is 12.1 Å². The van der Waals surface area contributed by atoms with Crippen LogP contribution in [0.4, 0.5) is 14.5 Å². The van der Waals surface area contributed by atoms with Gasteiger partial charge in [0.25, 0.3) is 5.91 Å². The number of carbonyl (C=O) groups is 2. The zero-order valence-corrected chi connectivity index (χ0v) is 12.6. The number of rotatable bonds is 4. The molecule has 1 aromatic heterocycles. The van der Waals surface area contributed by atoms with Crippen LogP contribution in [0.25, 0.3) is 0 Å². The second-order valence-electron chi connectivity index (χ2n) is 4.83. The van der Waals surface area contributed by atoms with Crippen LogP contribution in [-0.2, 0) is 9.53 Å². The molecule has 0 aliphatic rings. The molecule has 1 N–H and O–H groups in total.